The summed E-state index contributed by atoms with van der Waals surface area (Å²) >= 11 is 3.27. The van der Waals surface area contributed by atoms with Crippen LogP contribution >= 0.6 is 15.9 Å². The first kappa shape index (κ1) is 15.5. The van der Waals surface area contributed by atoms with Gasteiger partial charge in [-0.05, 0) is 17.7 Å². The Morgan fingerprint density at radius 1 is 1.35 bits per heavy atom. The maximum Gasteiger partial charge on any atom is 0.314 e. The number of aliphatic hydroxyl groups is 1. The third-order valence-corrected chi connectivity index (χ3v) is 6.73. The van der Waals surface area contributed by atoms with Crippen molar-refractivity contribution in [3.05, 3.63) is 34.3 Å². The molecule has 1 fully saturated rings. The average molecular weight is 363 g/mol. The van der Waals surface area contributed by atoms with Gasteiger partial charge < -0.3 is 10.2 Å². The van der Waals surface area contributed by atoms with E-state index in [1.807, 2.05) is 0 Å². The van der Waals surface area contributed by atoms with Crippen LogP contribution in [-0.4, -0.2) is 42.2 Å². The Morgan fingerprint density at radius 2 is 1.90 bits per heavy atom. The van der Waals surface area contributed by atoms with Crippen LogP contribution in [-0.2, 0) is 14.6 Å². The smallest absolute Gasteiger partial charge is 0.314 e. The van der Waals surface area contributed by atoms with Crippen molar-refractivity contribution >= 4 is 31.7 Å². The van der Waals surface area contributed by atoms with Gasteiger partial charge >= 0.3 is 5.97 Å². The molecule has 1 aliphatic rings. The van der Waals surface area contributed by atoms with Crippen LogP contribution in [0.5, 0.6) is 0 Å². The molecule has 5 nitrogen and oxygen atoms in total. The minimum Gasteiger partial charge on any atom is -0.481 e. The molecule has 0 heterocycles. The Bertz CT molecular complexity index is 625. The predicted octanol–water partition coefficient (Wildman–Crippen LogP) is 1.41. The molecule has 7 heteroatoms. The summed E-state index contributed by atoms with van der Waals surface area (Å²) in [6.45, 7) is 0.795. The van der Waals surface area contributed by atoms with Gasteiger partial charge in [-0.3, -0.25) is 4.79 Å². The first-order chi connectivity index (χ1) is 9.31. The molecule has 0 aliphatic heterocycles. The number of aliphatic hydroxyl groups excluding tert-OH is 1. The number of carboxylic acid groups (broad SMARTS) is 1. The van der Waals surface area contributed by atoms with Crippen LogP contribution in [0.1, 0.15) is 18.4 Å². The van der Waals surface area contributed by atoms with Crippen LogP contribution in [0.3, 0.4) is 0 Å². The van der Waals surface area contributed by atoms with Crippen molar-refractivity contribution in [1.82, 2.24) is 0 Å². The van der Waals surface area contributed by atoms with Gasteiger partial charge in [0.1, 0.15) is 5.41 Å². The molecule has 2 rings (SSSR count). The zero-order valence-electron chi connectivity index (χ0n) is 10.8. The van der Waals surface area contributed by atoms with Crippen molar-refractivity contribution in [2.45, 2.75) is 18.1 Å². The van der Waals surface area contributed by atoms with E-state index in [9.17, 15) is 23.4 Å². The molecule has 0 amide bonds. The Kier molecular flexibility index (Phi) is 3.96. The molecule has 0 radical (unpaired) electrons. The third kappa shape index (κ3) is 2.17. The molecule has 0 aromatic heterocycles. The summed E-state index contributed by atoms with van der Waals surface area (Å²) in [4.78, 5) is 11.5. The molecule has 1 aromatic carbocycles. The van der Waals surface area contributed by atoms with Gasteiger partial charge in [0.05, 0.1) is 11.9 Å². The van der Waals surface area contributed by atoms with E-state index < -0.39 is 39.0 Å². The van der Waals surface area contributed by atoms with Crippen molar-refractivity contribution < 1.29 is 23.4 Å². The first-order valence-electron chi connectivity index (χ1n) is 6.12. The lowest BCUT2D eigenvalue weighted by Crippen LogP contribution is -2.28. The summed E-state index contributed by atoms with van der Waals surface area (Å²) in [5.74, 6) is -2.11. The van der Waals surface area contributed by atoms with Crippen molar-refractivity contribution in [1.29, 1.82) is 0 Å². The zero-order valence-corrected chi connectivity index (χ0v) is 13.2. The van der Waals surface area contributed by atoms with Crippen molar-refractivity contribution in [3.8, 4) is 0 Å². The Balaban J connectivity index is 2.50. The van der Waals surface area contributed by atoms with Crippen LogP contribution < -0.4 is 0 Å². The van der Waals surface area contributed by atoms with Gasteiger partial charge in [0.25, 0.3) is 0 Å². The summed E-state index contributed by atoms with van der Waals surface area (Å²) < 4.78 is 25.0. The largest absolute Gasteiger partial charge is 0.481 e. The summed E-state index contributed by atoms with van der Waals surface area (Å²) in [6.07, 6.45) is 0. The van der Waals surface area contributed by atoms with E-state index in [2.05, 4.69) is 15.9 Å². The van der Waals surface area contributed by atoms with E-state index in [0.29, 0.717) is 5.56 Å². The highest BCUT2D eigenvalue weighted by Gasteiger charge is 2.75. The standard InChI is InChI=1S/C13H15BrO5S/c1-2-20(18,19)11-10(13(11,7-15)12(16)17)8-3-5-9(14)6-4-8/h3-6,10-11,15H,2,7H2,1H3,(H,16,17)/t10-,11-,13+/m1/s1. The summed E-state index contributed by atoms with van der Waals surface area (Å²) in [5.41, 5.74) is -1.01. The molecular weight excluding hydrogens is 348 g/mol. The van der Waals surface area contributed by atoms with Crippen molar-refractivity contribution in [2.24, 2.45) is 5.41 Å². The number of halogens is 1. The summed E-state index contributed by atoms with van der Waals surface area (Å²) in [5, 5.41) is 17.8. The molecule has 0 bridgehead atoms. The number of carbonyl (C=O) groups is 1. The van der Waals surface area contributed by atoms with E-state index in [-0.39, 0.29) is 5.75 Å². The van der Waals surface area contributed by atoms with Crippen LogP contribution in [0.25, 0.3) is 0 Å². The maximum absolute atomic E-state index is 12.1. The normalized spacial score (nSPS) is 29.1. The lowest BCUT2D eigenvalue weighted by molar-refractivity contribution is -0.145. The second kappa shape index (κ2) is 5.13. The SMILES string of the molecule is CCS(=O)(=O)[C@@H]1[C@@H](c2ccc(Br)cc2)[C@]1(CO)C(=O)O. The van der Waals surface area contributed by atoms with Gasteiger partial charge in [0.2, 0.25) is 0 Å². The Labute approximate surface area is 125 Å². The number of hydrogen-bond acceptors (Lipinski definition) is 4. The monoisotopic (exact) mass is 362 g/mol. The van der Waals surface area contributed by atoms with Crippen molar-refractivity contribution in [2.75, 3.05) is 12.4 Å². The van der Waals surface area contributed by atoms with Crippen molar-refractivity contribution in [3.63, 3.8) is 0 Å². The number of aliphatic carboxylic acids is 1. The highest BCUT2D eigenvalue weighted by atomic mass is 79.9. The second-order valence-electron chi connectivity index (χ2n) is 4.90. The molecule has 0 saturated heterocycles. The second-order valence-corrected chi connectivity index (χ2v) is 8.23. The van der Waals surface area contributed by atoms with E-state index >= 15 is 0 Å². The molecular formula is C13H15BrO5S. The van der Waals surface area contributed by atoms with E-state index in [1.54, 1.807) is 24.3 Å². The van der Waals surface area contributed by atoms with Gasteiger partial charge in [0.15, 0.2) is 9.84 Å². The fourth-order valence-electron chi connectivity index (χ4n) is 2.77. The van der Waals surface area contributed by atoms with E-state index in [1.165, 1.54) is 6.92 Å². The molecule has 2 N–H and O–H groups in total. The van der Waals surface area contributed by atoms with Gasteiger partial charge in [-0.15, -0.1) is 0 Å². The topological polar surface area (TPSA) is 91.7 Å². The third-order valence-electron chi connectivity index (χ3n) is 3.93. The molecule has 1 aromatic rings. The number of carboxylic acids is 1. The quantitative estimate of drug-likeness (QED) is 0.826. The maximum atomic E-state index is 12.1. The molecule has 3 atom stereocenters. The fraction of sp³-hybridized carbons (Fsp3) is 0.462. The number of rotatable bonds is 5. The zero-order chi connectivity index (χ0) is 15.1. The summed E-state index contributed by atoms with van der Waals surface area (Å²) in [7, 11) is -3.55. The molecule has 0 spiro atoms. The number of hydrogen-bond donors (Lipinski definition) is 2. The lowest BCUT2D eigenvalue weighted by Gasteiger charge is -2.08. The van der Waals surface area contributed by atoms with Crippen LogP contribution in [0.2, 0.25) is 0 Å². The highest BCUT2D eigenvalue weighted by molar-refractivity contribution is 9.10. The molecule has 0 unspecified atom stereocenters. The molecule has 1 saturated carbocycles. The number of sulfone groups is 1. The van der Waals surface area contributed by atoms with Gasteiger partial charge in [-0.25, -0.2) is 8.42 Å². The molecule has 1 aliphatic carbocycles. The van der Waals surface area contributed by atoms with Crippen LogP contribution in [0.15, 0.2) is 28.7 Å². The lowest BCUT2D eigenvalue weighted by atomic mass is 10.0. The Hall–Kier alpha value is -0.920. The van der Waals surface area contributed by atoms with Crippen LogP contribution in [0.4, 0.5) is 0 Å². The van der Waals surface area contributed by atoms with E-state index in [0.717, 1.165) is 4.47 Å². The summed E-state index contributed by atoms with van der Waals surface area (Å²) in [6, 6.07) is 6.83. The van der Waals surface area contributed by atoms with Gasteiger partial charge in [-0.1, -0.05) is 35.0 Å². The van der Waals surface area contributed by atoms with Crippen LogP contribution in [0, 0.1) is 5.41 Å². The van der Waals surface area contributed by atoms with Gasteiger partial charge in [-0.2, -0.15) is 0 Å². The predicted molar refractivity (Wildman–Crippen MR) is 77.3 cm³/mol. The van der Waals surface area contributed by atoms with Gasteiger partial charge in [0, 0.05) is 16.1 Å². The van der Waals surface area contributed by atoms with E-state index in [4.69, 9.17) is 0 Å². The average Bonchev–Trinajstić information content (AvgIpc) is 3.11. The highest BCUT2D eigenvalue weighted by Crippen LogP contribution is 2.63. The Morgan fingerprint density at radius 3 is 2.30 bits per heavy atom. The first-order valence-corrected chi connectivity index (χ1v) is 8.63. The minimum atomic E-state index is -3.55. The molecule has 110 valence electrons. The minimum absolute atomic E-state index is 0.139. The fourth-order valence-corrected chi connectivity index (χ4v) is 5.09. The number of benzene rings is 1. The molecule has 20 heavy (non-hydrogen) atoms.